The summed E-state index contributed by atoms with van der Waals surface area (Å²) < 4.78 is 16.3. The molecule has 0 spiro atoms. The number of benzene rings is 2. The average Bonchev–Trinajstić information content (AvgIpc) is 3.14. The van der Waals surface area contributed by atoms with E-state index >= 15 is 0 Å². The molecule has 1 aliphatic rings. The van der Waals surface area contributed by atoms with E-state index in [4.69, 9.17) is 14.0 Å². The summed E-state index contributed by atoms with van der Waals surface area (Å²) in [6.07, 6.45) is -0.0546. The Morgan fingerprint density at radius 3 is 2.50 bits per heavy atom. The van der Waals surface area contributed by atoms with Crippen LogP contribution in [-0.4, -0.2) is 34.6 Å². The Balaban J connectivity index is 1.32. The van der Waals surface area contributed by atoms with Gasteiger partial charge in [-0.3, -0.25) is 4.79 Å². The van der Waals surface area contributed by atoms with E-state index in [1.807, 2.05) is 32.0 Å². The second kappa shape index (κ2) is 9.26. The van der Waals surface area contributed by atoms with Crippen molar-refractivity contribution in [2.24, 2.45) is 0 Å². The van der Waals surface area contributed by atoms with E-state index in [1.165, 1.54) is 5.56 Å². The molecule has 32 heavy (non-hydrogen) atoms. The topological polar surface area (TPSA) is 81.9 Å². The number of carbonyl (C=O) groups excluding carboxylic acids is 2. The highest BCUT2D eigenvalue weighted by atomic mass is 16.5. The first-order chi connectivity index (χ1) is 15.4. The molecule has 1 amide bonds. The molecule has 1 aliphatic heterocycles. The van der Waals surface area contributed by atoms with Gasteiger partial charge >= 0.3 is 5.97 Å². The summed E-state index contributed by atoms with van der Waals surface area (Å²) in [5.74, 6) is 0.601. The molecule has 0 aliphatic carbocycles. The molecule has 166 valence electrons. The van der Waals surface area contributed by atoms with Crippen molar-refractivity contribution in [2.75, 3.05) is 6.54 Å². The molecule has 3 aromatic rings. The highest BCUT2D eigenvalue weighted by molar-refractivity contribution is 5.92. The fourth-order valence-corrected chi connectivity index (χ4v) is 3.77. The summed E-state index contributed by atoms with van der Waals surface area (Å²) in [5.41, 5.74) is 4.45. The summed E-state index contributed by atoms with van der Waals surface area (Å²) in [6, 6.07) is 14.7. The smallest absolute Gasteiger partial charge is 0.338 e. The van der Waals surface area contributed by atoms with E-state index < -0.39 is 12.1 Å². The van der Waals surface area contributed by atoms with Crippen LogP contribution in [0.25, 0.3) is 0 Å². The summed E-state index contributed by atoms with van der Waals surface area (Å²) >= 11 is 0. The summed E-state index contributed by atoms with van der Waals surface area (Å²) in [7, 11) is 0. The minimum atomic E-state index is -0.858. The Morgan fingerprint density at radius 2 is 1.81 bits per heavy atom. The number of rotatable bonds is 6. The number of hydrogen-bond acceptors (Lipinski definition) is 6. The normalized spacial score (nSPS) is 13.9. The number of aromatic nitrogens is 1. The van der Waals surface area contributed by atoms with E-state index in [1.54, 1.807) is 36.1 Å². The highest BCUT2D eigenvalue weighted by Crippen LogP contribution is 2.21. The molecule has 7 nitrogen and oxygen atoms in total. The van der Waals surface area contributed by atoms with Crippen LogP contribution in [0.15, 0.2) is 53.1 Å². The van der Waals surface area contributed by atoms with Crippen molar-refractivity contribution in [1.29, 1.82) is 0 Å². The van der Waals surface area contributed by atoms with Crippen LogP contribution in [0.1, 0.15) is 45.4 Å². The van der Waals surface area contributed by atoms with Crippen molar-refractivity contribution >= 4 is 11.9 Å². The van der Waals surface area contributed by atoms with Crippen LogP contribution in [0.5, 0.6) is 5.75 Å². The SMILES string of the molecule is Cc1noc(C)c1COc1ccc(C(=O)O[C@H](C)C(=O)N2CCc3ccccc3C2)cc1. The van der Waals surface area contributed by atoms with Gasteiger partial charge in [-0.15, -0.1) is 0 Å². The second-order valence-corrected chi connectivity index (χ2v) is 7.94. The molecular formula is C25H26N2O5. The van der Waals surface area contributed by atoms with Crippen LogP contribution in [0.2, 0.25) is 0 Å². The third kappa shape index (κ3) is 4.66. The third-order valence-corrected chi connectivity index (χ3v) is 5.73. The van der Waals surface area contributed by atoms with E-state index in [2.05, 4.69) is 11.2 Å². The van der Waals surface area contributed by atoms with Crippen LogP contribution in [0, 0.1) is 13.8 Å². The minimum absolute atomic E-state index is 0.188. The van der Waals surface area contributed by atoms with Crippen molar-refractivity contribution in [3.63, 3.8) is 0 Å². The van der Waals surface area contributed by atoms with Gasteiger partial charge in [0.2, 0.25) is 0 Å². The first-order valence-corrected chi connectivity index (χ1v) is 10.6. The average molecular weight is 434 g/mol. The maximum Gasteiger partial charge on any atom is 0.338 e. The van der Waals surface area contributed by atoms with E-state index in [9.17, 15) is 9.59 Å². The van der Waals surface area contributed by atoms with Gasteiger partial charge in [0.05, 0.1) is 16.8 Å². The third-order valence-electron chi connectivity index (χ3n) is 5.73. The van der Waals surface area contributed by atoms with Gasteiger partial charge in [-0.25, -0.2) is 4.79 Å². The van der Waals surface area contributed by atoms with Gasteiger partial charge in [0.15, 0.2) is 6.10 Å². The fourth-order valence-electron chi connectivity index (χ4n) is 3.77. The number of carbonyl (C=O) groups is 2. The molecule has 1 atom stereocenters. The predicted octanol–water partition coefficient (Wildman–Crippen LogP) is 4.00. The predicted molar refractivity (Wildman–Crippen MR) is 117 cm³/mol. The van der Waals surface area contributed by atoms with Crippen molar-refractivity contribution in [3.05, 3.63) is 82.2 Å². The lowest BCUT2D eigenvalue weighted by atomic mass is 9.99. The number of amides is 1. The Morgan fingerprint density at radius 1 is 1.09 bits per heavy atom. The zero-order chi connectivity index (χ0) is 22.7. The molecule has 0 bridgehead atoms. The van der Waals surface area contributed by atoms with Crippen LogP contribution >= 0.6 is 0 Å². The van der Waals surface area contributed by atoms with E-state index in [-0.39, 0.29) is 5.91 Å². The zero-order valence-electron chi connectivity index (χ0n) is 18.5. The largest absolute Gasteiger partial charge is 0.489 e. The Bertz CT molecular complexity index is 1100. The molecule has 0 fully saturated rings. The summed E-state index contributed by atoms with van der Waals surface area (Å²) in [4.78, 5) is 27.1. The molecule has 4 rings (SSSR count). The van der Waals surface area contributed by atoms with Gasteiger partial charge in [0.1, 0.15) is 18.1 Å². The Labute approximate surface area is 186 Å². The molecule has 7 heteroatoms. The first-order valence-electron chi connectivity index (χ1n) is 10.6. The standard InChI is InChI=1S/C25H26N2O5/c1-16-23(17(2)32-26-16)15-30-22-10-8-20(9-11-22)25(29)31-18(3)24(28)27-13-12-19-6-4-5-7-21(19)14-27/h4-11,18H,12-15H2,1-3H3/t18-/m1/s1. The van der Waals surface area contributed by atoms with Crippen LogP contribution in [0.4, 0.5) is 0 Å². The molecule has 0 saturated carbocycles. The molecule has 0 unspecified atom stereocenters. The van der Waals surface area contributed by atoms with Crippen LogP contribution < -0.4 is 4.74 Å². The van der Waals surface area contributed by atoms with Gasteiger partial charge < -0.3 is 18.9 Å². The number of ether oxygens (including phenoxy) is 2. The summed E-state index contributed by atoms with van der Waals surface area (Å²) in [6.45, 7) is 6.79. The van der Waals surface area contributed by atoms with E-state index in [0.29, 0.717) is 31.0 Å². The number of esters is 1. The summed E-state index contributed by atoms with van der Waals surface area (Å²) in [5, 5.41) is 3.91. The lowest BCUT2D eigenvalue weighted by molar-refractivity contribution is -0.140. The van der Waals surface area contributed by atoms with Crippen LogP contribution in [-0.2, 0) is 29.1 Å². The maximum absolute atomic E-state index is 12.8. The van der Waals surface area contributed by atoms with Gasteiger partial charge in [-0.05, 0) is 62.6 Å². The van der Waals surface area contributed by atoms with Crippen LogP contribution in [0.3, 0.4) is 0 Å². The van der Waals surface area contributed by atoms with Gasteiger partial charge in [0.25, 0.3) is 5.91 Å². The van der Waals surface area contributed by atoms with E-state index in [0.717, 1.165) is 29.0 Å². The van der Waals surface area contributed by atoms with Crippen molar-refractivity contribution in [2.45, 2.75) is 46.4 Å². The molecule has 2 heterocycles. The molecule has 2 aromatic carbocycles. The Hall–Kier alpha value is -3.61. The van der Waals surface area contributed by atoms with Gasteiger partial charge in [0, 0.05) is 13.1 Å². The fraction of sp³-hybridized carbons (Fsp3) is 0.320. The minimum Gasteiger partial charge on any atom is -0.489 e. The Kier molecular flexibility index (Phi) is 6.25. The number of hydrogen-bond donors (Lipinski definition) is 0. The molecule has 0 saturated heterocycles. The monoisotopic (exact) mass is 434 g/mol. The second-order valence-electron chi connectivity index (χ2n) is 7.94. The number of aryl methyl sites for hydroxylation is 2. The van der Waals surface area contributed by atoms with Gasteiger partial charge in [-0.1, -0.05) is 29.4 Å². The van der Waals surface area contributed by atoms with Crippen molar-refractivity contribution in [3.8, 4) is 5.75 Å². The number of fused-ring (bicyclic) bond motifs is 1. The van der Waals surface area contributed by atoms with Crippen molar-refractivity contribution in [1.82, 2.24) is 10.1 Å². The lowest BCUT2D eigenvalue weighted by Gasteiger charge is -2.30. The lowest BCUT2D eigenvalue weighted by Crippen LogP contribution is -2.42. The molecule has 0 N–H and O–H groups in total. The zero-order valence-corrected chi connectivity index (χ0v) is 18.5. The molecule has 0 radical (unpaired) electrons. The van der Waals surface area contributed by atoms with Gasteiger partial charge in [-0.2, -0.15) is 0 Å². The van der Waals surface area contributed by atoms with Crippen molar-refractivity contribution < 1.29 is 23.6 Å². The first kappa shape index (κ1) is 21.6. The molecule has 1 aromatic heterocycles. The maximum atomic E-state index is 12.8. The number of nitrogens with zero attached hydrogens (tertiary/aromatic N) is 2. The molecular weight excluding hydrogens is 408 g/mol. The quantitative estimate of drug-likeness (QED) is 0.546. The highest BCUT2D eigenvalue weighted by Gasteiger charge is 2.27.